The lowest BCUT2D eigenvalue weighted by molar-refractivity contribution is 0.0990. The first-order chi connectivity index (χ1) is 17.3. The highest BCUT2D eigenvalue weighted by Gasteiger charge is 2.18. The summed E-state index contributed by atoms with van der Waals surface area (Å²) in [6.45, 7) is 6.33. The van der Waals surface area contributed by atoms with Crippen molar-refractivity contribution < 1.29 is 19.8 Å². The van der Waals surface area contributed by atoms with Gasteiger partial charge in [0.1, 0.15) is 11.2 Å². The van der Waals surface area contributed by atoms with E-state index >= 15 is 0 Å². The van der Waals surface area contributed by atoms with E-state index in [1.807, 2.05) is 0 Å². The number of anilines is 3. The van der Waals surface area contributed by atoms with Gasteiger partial charge in [-0.1, -0.05) is 35.8 Å². The lowest BCUT2D eigenvalue weighted by atomic mass is 10.0. The Bertz CT molecular complexity index is 1460. The maximum atomic E-state index is 13.1. The van der Waals surface area contributed by atoms with Crippen LogP contribution in [0, 0.1) is 23.7 Å². The van der Waals surface area contributed by atoms with E-state index in [-0.39, 0.29) is 11.1 Å². The second-order valence-corrected chi connectivity index (χ2v) is 9.49. The van der Waals surface area contributed by atoms with E-state index in [9.17, 15) is 19.8 Å². The van der Waals surface area contributed by atoms with Gasteiger partial charge in [-0.3, -0.25) is 9.59 Å². The maximum absolute atomic E-state index is 13.1. The molecule has 0 aliphatic heterocycles. The zero-order valence-corrected chi connectivity index (χ0v) is 21.1. The van der Waals surface area contributed by atoms with Crippen LogP contribution in [0.5, 0.6) is 0 Å². The number of nitrogen functional groups attached to an aromatic ring is 1. The number of amides is 2. The van der Waals surface area contributed by atoms with E-state index in [1.54, 1.807) is 82.3 Å². The predicted octanol–water partition coefficient (Wildman–Crippen LogP) is 4.02. The number of hydrogen-bond donors (Lipinski definition) is 5. The van der Waals surface area contributed by atoms with E-state index in [1.165, 1.54) is 12.1 Å². The number of carbonyl (C=O) groups excluding carboxylic acids is 2. The summed E-state index contributed by atoms with van der Waals surface area (Å²) in [5.41, 5.74) is 6.36. The molecule has 0 aliphatic carbocycles. The summed E-state index contributed by atoms with van der Waals surface area (Å²) in [7, 11) is 0. The first kappa shape index (κ1) is 27.0. The van der Waals surface area contributed by atoms with Crippen LogP contribution in [-0.2, 0) is 0 Å². The lowest BCUT2D eigenvalue weighted by Crippen LogP contribution is -2.20. The Morgan fingerprint density at radius 1 is 0.703 bits per heavy atom. The van der Waals surface area contributed by atoms with Crippen LogP contribution in [0.3, 0.4) is 0 Å². The number of carbonyl (C=O) groups is 2. The molecule has 0 radical (unpaired) electrons. The molecule has 188 valence electrons. The summed E-state index contributed by atoms with van der Waals surface area (Å²) >= 11 is 0. The van der Waals surface area contributed by atoms with E-state index in [0.717, 1.165) is 0 Å². The Labute approximate surface area is 216 Å². The minimum Gasteiger partial charge on any atom is -0.399 e. The average Bonchev–Trinajstić information content (AvgIpc) is 2.81. The minimum absolute atomic E-state index is 0.100. The molecule has 0 saturated carbocycles. The van der Waals surface area contributed by atoms with Crippen LogP contribution < -0.4 is 16.4 Å². The Balaban J connectivity index is 1.83. The Hall–Kier alpha value is -4.56. The smallest absolute Gasteiger partial charge is 0.256 e. The summed E-state index contributed by atoms with van der Waals surface area (Å²) in [6.07, 6.45) is 0. The van der Waals surface area contributed by atoms with E-state index in [4.69, 9.17) is 5.73 Å². The SMILES string of the molecule is CC(C)(O)C#Cc1cccc(NC(=O)c2ccc(N)cc2C(=O)Nc2cccc(C#CC(C)(C)O)c2)c1. The zero-order chi connectivity index (χ0) is 27.2. The number of aliphatic hydroxyl groups is 2. The summed E-state index contributed by atoms with van der Waals surface area (Å²) in [5, 5.41) is 25.2. The van der Waals surface area contributed by atoms with Crippen LogP contribution in [-0.4, -0.2) is 33.2 Å². The van der Waals surface area contributed by atoms with Crippen molar-refractivity contribution in [1.82, 2.24) is 0 Å². The molecular formula is C30H29N3O4. The molecule has 0 fully saturated rings. The standard InChI is InChI=1S/C30H29N3O4/c1-29(2,36)15-13-20-7-5-9-23(17-20)32-27(34)25-12-11-22(31)19-26(25)28(35)33-24-10-6-8-21(18-24)14-16-30(3,4)37/h5-12,17-19,36-37H,31H2,1-4H3,(H,32,34)(H,33,35). The average molecular weight is 496 g/mol. The molecule has 2 amide bonds. The van der Waals surface area contributed by atoms with Crippen LogP contribution in [0.4, 0.5) is 17.1 Å². The van der Waals surface area contributed by atoms with Gasteiger partial charge < -0.3 is 26.6 Å². The third kappa shape index (κ3) is 8.55. The van der Waals surface area contributed by atoms with Gasteiger partial charge >= 0.3 is 0 Å². The van der Waals surface area contributed by atoms with Crippen molar-refractivity contribution in [3.05, 3.63) is 89.0 Å². The van der Waals surface area contributed by atoms with Crippen molar-refractivity contribution in [3.63, 3.8) is 0 Å². The molecule has 0 aliphatic rings. The Kier molecular flexibility index (Phi) is 8.04. The third-order valence-corrected chi connectivity index (χ3v) is 4.80. The quantitative estimate of drug-likeness (QED) is 0.276. The molecular weight excluding hydrogens is 466 g/mol. The summed E-state index contributed by atoms with van der Waals surface area (Å²) in [5.74, 6) is 10.2. The highest BCUT2D eigenvalue weighted by molar-refractivity contribution is 6.15. The first-order valence-electron chi connectivity index (χ1n) is 11.5. The lowest BCUT2D eigenvalue weighted by Gasteiger charge is -2.12. The van der Waals surface area contributed by atoms with Crippen LogP contribution >= 0.6 is 0 Å². The fourth-order valence-corrected chi connectivity index (χ4v) is 3.14. The first-order valence-corrected chi connectivity index (χ1v) is 11.5. The van der Waals surface area contributed by atoms with E-state index in [0.29, 0.717) is 28.2 Å². The van der Waals surface area contributed by atoms with Crippen molar-refractivity contribution in [3.8, 4) is 23.7 Å². The molecule has 6 N–H and O–H groups in total. The fraction of sp³-hybridized carbons (Fsp3) is 0.200. The molecule has 7 nitrogen and oxygen atoms in total. The second kappa shape index (κ2) is 11.0. The predicted molar refractivity (Wildman–Crippen MR) is 146 cm³/mol. The van der Waals surface area contributed by atoms with Gasteiger partial charge in [-0.05, 0) is 82.3 Å². The molecule has 0 heterocycles. The highest BCUT2D eigenvalue weighted by Crippen LogP contribution is 2.20. The normalized spacial score (nSPS) is 10.9. The summed E-state index contributed by atoms with van der Waals surface area (Å²) in [4.78, 5) is 26.3. The molecule has 0 spiro atoms. The topological polar surface area (TPSA) is 125 Å². The van der Waals surface area contributed by atoms with Gasteiger partial charge in [0.05, 0.1) is 11.1 Å². The molecule has 7 heteroatoms. The largest absolute Gasteiger partial charge is 0.399 e. The molecule has 0 bridgehead atoms. The molecule has 0 atom stereocenters. The number of nitrogens with two attached hydrogens (primary N) is 1. The van der Waals surface area contributed by atoms with Crippen LogP contribution in [0.15, 0.2) is 66.7 Å². The zero-order valence-electron chi connectivity index (χ0n) is 21.1. The number of benzene rings is 3. The fourth-order valence-electron chi connectivity index (χ4n) is 3.14. The Morgan fingerprint density at radius 2 is 1.16 bits per heavy atom. The summed E-state index contributed by atoms with van der Waals surface area (Å²) in [6, 6.07) is 18.2. The van der Waals surface area contributed by atoms with Gasteiger partial charge in [0.25, 0.3) is 11.8 Å². The molecule has 3 rings (SSSR count). The second-order valence-electron chi connectivity index (χ2n) is 9.49. The van der Waals surface area contributed by atoms with Gasteiger partial charge in [-0.25, -0.2) is 0 Å². The van der Waals surface area contributed by atoms with Crippen molar-refractivity contribution in [2.24, 2.45) is 0 Å². The molecule has 3 aromatic carbocycles. The number of nitrogens with one attached hydrogen (secondary N) is 2. The number of hydrogen-bond acceptors (Lipinski definition) is 5. The van der Waals surface area contributed by atoms with Gasteiger partial charge in [-0.2, -0.15) is 0 Å². The number of rotatable bonds is 4. The molecule has 0 aromatic heterocycles. The van der Waals surface area contributed by atoms with Crippen molar-refractivity contribution >= 4 is 28.9 Å². The van der Waals surface area contributed by atoms with Gasteiger partial charge in [0.2, 0.25) is 0 Å². The molecule has 0 saturated heterocycles. The van der Waals surface area contributed by atoms with Gasteiger partial charge in [0, 0.05) is 28.2 Å². The monoisotopic (exact) mass is 495 g/mol. The van der Waals surface area contributed by atoms with Gasteiger partial charge in [0.15, 0.2) is 0 Å². The van der Waals surface area contributed by atoms with Crippen LogP contribution in [0.25, 0.3) is 0 Å². The Morgan fingerprint density at radius 3 is 1.62 bits per heavy atom. The van der Waals surface area contributed by atoms with Crippen molar-refractivity contribution in [1.29, 1.82) is 0 Å². The van der Waals surface area contributed by atoms with Crippen LogP contribution in [0.1, 0.15) is 59.5 Å². The minimum atomic E-state index is -1.15. The molecule has 37 heavy (non-hydrogen) atoms. The van der Waals surface area contributed by atoms with E-state index in [2.05, 4.69) is 34.3 Å². The maximum Gasteiger partial charge on any atom is 0.256 e. The van der Waals surface area contributed by atoms with E-state index < -0.39 is 23.0 Å². The molecule has 0 unspecified atom stereocenters. The van der Waals surface area contributed by atoms with Gasteiger partial charge in [-0.15, -0.1) is 0 Å². The van der Waals surface area contributed by atoms with Crippen molar-refractivity contribution in [2.75, 3.05) is 16.4 Å². The highest BCUT2D eigenvalue weighted by atomic mass is 16.3. The third-order valence-electron chi connectivity index (χ3n) is 4.80. The molecule has 3 aromatic rings. The summed E-state index contributed by atoms with van der Waals surface area (Å²) < 4.78 is 0. The van der Waals surface area contributed by atoms with Crippen molar-refractivity contribution in [2.45, 2.75) is 38.9 Å². The van der Waals surface area contributed by atoms with Crippen LogP contribution in [0.2, 0.25) is 0 Å².